The van der Waals surface area contributed by atoms with Crippen LogP contribution >= 0.6 is 0 Å². The van der Waals surface area contributed by atoms with Gasteiger partial charge < -0.3 is 10.2 Å². The SMILES string of the molecule is CCNc1nc(N(C)C2CC2)c2cn[nH]c2n1. The Balaban J connectivity index is 2.08. The van der Waals surface area contributed by atoms with Crippen molar-refractivity contribution in [3.05, 3.63) is 6.20 Å². The zero-order valence-corrected chi connectivity index (χ0v) is 10.1. The number of aromatic amines is 1. The van der Waals surface area contributed by atoms with E-state index in [2.05, 4.69) is 37.4 Å². The molecule has 0 amide bonds. The van der Waals surface area contributed by atoms with Crippen molar-refractivity contribution >= 4 is 22.8 Å². The molecule has 3 rings (SSSR count). The normalized spacial score (nSPS) is 15.2. The van der Waals surface area contributed by atoms with Crippen molar-refractivity contribution in [2.45, 2.75) is 25.8 Å². The van der Waals surface area contributed by atoms with E-state index in [4.69, 9.17) is 0 Å². The standard InChI is InChI=1S/C11H16N6/c1-3-12-11-14-9-8(6-13-16-9)10(15-11)17(2)7-4-5-7/h6-7H,3-5H2,1-2H3,(H2,12,13,14,15,16). The van der Waals surface area contributed by atoms with E-state index in [1.807, 2.05) is 6.92 Å². The Morgan fingerprint density at radius 2 is 2.29 bits per heavy atom. The van der Waals surface area contributed by atoms with Crippen molar-refractivity contribution < 1.29 is 0 Å². The van der Waals surface area contributed by atoms with E-state index in [9.17, 15) is 0 Å². The molecule has 6 nitrogen and oxygen atoms in total. The van der Waals surface area contributed by atoms with Crippen LogP contribution in [0.2, 0.25) is 0 Å². The van der Waals surface area contributed by atoms with Crippen LogP contribution in [0.25, 0.3) is 11.0 Å². The van der Waals surface area contributed by atoms with Crippen LogP contribution in [0.15, 0.2) is 6.20 Å². The first-order valence-electron chi connectivity index (χ1n) is 5.97. The number of nitrogens with zero attached hydrogens (tertiary/aromatic N) is 4. The first kappa shape index (κ1) is 10.3. The molecule has 90 valence electrons. The highest BCUT2D eigenvalue weighted by Crippen LogP contribution is 2.32. The zero-order valence-electron chi connectivity index (χ0n) is 10.1. The fraction of sp³-hybridized carbons (Fsp3) is 0.545. The summed E-state index contributed by atoms with van der Waals surface area (Å²) in [6.07, 6.45) is 4.28. The van der Waals surface area contributed by atoms with Crippen LogP contribution in [0, 0.1) is 0 Å². The maximum absolute atomic E-state index is 4.57. The highest BCUT2D eigenvalue weighted by molar-refractivity contribution is 5.87. The van der Waals surface area contributed by atoms with Crippen molar-refractivity contribution in [3.8, 4) is 0 Å². The third-order valence-electron chi connectivity index (χ3n) is 3.05. The average molecular weight is 232 g/mol. The molecule has 0 atom stereocenters. The van der Waals surface area contributed by atoms with Crippen LogP contribution in [-0.2, 0) is 0 Å². The summed E-state index contributed by atoms with van der Waals surface area (Å²) in [6, 6.07) is 0.623. The second-order valence-electron chi connectivity index (χ2n) is 4.38. The molecule has 17 heavy (non-hydrogen) atoms. The van der Waals surface area contributed by atoms with E-state index < -0.39 is 0 Å². The summed E-state index contributed by atoms with van der Waals surface area (Å²) in [5.74, 6) is 1.62. The summed E-state index contributed by atoms with van der Waals surface area (Å²) >= 11 is 0. The van der Waals surface area contributed by atoms with Gasteiger partial charge in [-0.3, -0.25) is 5.10 Å². The molecular weight excluding hydrogens is 216 g/mol. The Kier molecular flexibility index (Phi) is 2.35. The Morgan fingerprint density at radius 3 is 3.00 bits per heavy atom. The predicted octanol–water partition coefficient (Wildman–Crippen LogP) is 1.38. The third-order valence-corrected chi connectivity index (χ3v) is 3.05. The van der Waals surface area contributed by atoms with Gasteiger partial charge in [-0.15, -0.1) is 0 Å². The summed E-state index contributed by atoms with van der Waals surface area (Å²) in [6.45, 7) is 2.84. The minimum Gasteiger partial charge on any atom is -0.356 e. The maximum Gasteiger partial charge on any atom is 0.226 e. The van der Waals surface area contributed by atoms with Crippen molar-refractivity contribution in [2.75, 3.05) is 23.8 Å². The second kappa shape index (κ2) is 3.87. The quantitative estimate of drug-likeness (QED) is 0.833. The van der Waals surface area contributed by atoms with Gasteiger partial charge >= 0.3 is 0 Å². The number of fused-ring (bicyclic) bond motifs is 1. The highest BCUT2D eigenvalue weighted by Gasteiger charge is 2.28. The second-order valence-corrected chi connectivity index (χ2v) is 4.38. The minimum absolute atomic E-state index is 0.623. The lowest BCUT2D eigenvalue weighted by Gasteiger charge is -2.18. The number of hydrogen-bond acceptors (Lipinski definition) is 5. The maximum atomic E-state index is 4.57. The lowest BCUT2D eigenvalue weighted by molar-refractivity contribution is 0.894. The molecule has 0 radical (unpaired) electrons. The van der Waals surface area contributed by atoms with Gasteiger partial charge in [-0.2, -0.15) is 15.1 Å². The van der Waals surface area contributed by atoms with E-state index in [1.54, 1.807) is 6.20 Å². The van der Waals surface area contributed by atoms with E-state index in [0.717, 1.165) is 23.4 Å². The number of hydrogen-bond donors (Lipinski definition) is 2. The topological polar surface area (TPSA) is 69.7 Å². The molecule has 2 aromatic rings. The lowest BCUT2D eigenvalue weighted by atomic mass is 10.3. The Labute approximate surface area is 99.4 Å². The molecule has 1 aliphatic rings. The van der Waals surface area contributed by atoms with Gasteiger partial charge in [0.15, 0.2) is 5.65 Å². The van der Waals surface area contributed by atoms with Gasteiger partial charge in [0.2, 0.25) is 5.95 Å². The van der Waals surface area contributed by atoms with Gasteiger partial charge in [0.25, 0.3) is 0 Å². The molecule has 1 aliphatic carbocycles. The molecule has 0 saturated heterocycles. The summed E-state index contributed by atoms with van der Waals surface area (Å²) in [5.41, 5.74) is 0.790. The molecule has 0 unspecified atom stereocenters. The number of rotatable bonds is 4. The molecule has 2 aromatic heterocycles. The van der Waals surface area contributed by atoms with Gasteiger partial charge in [-0.25, -0.2) is 0 Å². The summed E-state index contributed by atoms with van der Waals surface area (Å²) in [5, 5.41) is 11.1. The fourth-order valence-electron chi connectivity index (χ4n) is 1.96. The van der Waals surface area contributed by atoms with Crippen LogP contribution in [-0.4, -0.2) is 39.8 Å². The number of aromatic nitrogens is 4. The molecule has 1 fully saturated rings. The molecular formula is C11H16N6. The van der Waals surface area contributed by atoms with E-state index in [-0.39, 0.29) is 0 Å². The predicted molar refractivity (Wildman–Crippen MR) is 67.3 cm³/mol. The van der Waals surface area contributed by atoms with Gasteiger partial charge in [-0.1, -0.05) is 0 Å². The molecule has 2 heterocycles. The molecule has 0 spiro atoms. The molecule has 1 saturated carbocycles. The molecule has 0 bridgehead atoms. The van der Waals surface area contributed by atoms with Gasteiger partial charge in [-0.05, 0) is 19.8 Å². The van der Waals surface area contributed by atoms with Crippen LogP contribution in [0.3, 0.4) is 0 Å². The monoisotopic (exact) mass is 232 g/mol. The van der Waals surface area contributed by atoms with Crippen molar-refractivity contribution in [1.29, 1.82) is 0 Å². The summed E-state index contributed by atoms with van der Waals surface area (Å²) < 4.78 is 0. The Bertz CT molecular complexity index is 530. The van der Waals surface area contributed by atoms with Crippen LogP contribution in [0.4, 0.5) is 11.8 Å². The van der Waals surface area contributed by atoms with Crippen molar-refractivity contribution in [1.82, 2.24) is 20.2 Å². The smallest absolute Gasteiger partial charge is 0.226 e. The lowest BCUT2D eigenvalue weighted by Crippen LogP contribution is -2.21. The van der Waals surface area contributed by atoms with Crippen molar-refractivity contribution in [3.63, 3.8) is 0 Å². The first-order valence-corrected chi connectivity index (χ1v) is 5.97. The molecule has 0 aliphatic heterocycles. The van der Waals surface area contributed by atoms with Crippen LogP contribution < -0.4 is 10.2 Å². The van der Waals surface area contributed by atoms with Gasteiger partial charge in [0.1, 0.15) is 5.82 Å². The Hall–Kier alpha value is -1.85. The number of anilines is 2. The summed E-state index contributed by atoms with van der Waals surface area (Å²) in [7, 11) is 2.09. The molecule has 2 N–H and O–H groups in total. The average Bonchev–Trinajstić information content (AvgIpc) is 3.07. The molecule has 6 heteroatoms. The van der Waals surface area contributed by atoms with E-state index >= 15 is 0 Å². The minimum atomic E-state index is 0.623. The largest absolute Gasteiger partial charge is 0.356 e. The van der Waals surface area contributed by atoms with Gasteiger partial charge in [0.05, 0.1) is 11.6 Å². The van der Waals surface area contributed by atoms with Crippen LogP contribution in [0.1, 0.15) is 19.8 Å². The first-order chi connectivity index (χ1) is 8.29. The van der Waals surface area contributed by atoms with Crippen LogP contribution in [0.5, 0.6) is 0 Å². The zero-order chi connectivity index (χ0) is 11.8. The van der Waals surface area contributed by atoms with E-state index in [1.165, 1.54) is 12.8 Å². The van der Waals surface area contributed by atoms with E-state index in [0.29, 0.717) is 12.0 Å². The van der Waals surface area contributed by atoms with Gasteiger partial charge in [0, 0.05) is 19.6 Å². The Morgan fingerprint density at radius 1 is 1.47 bits per heavy atom. The summed E-state index contributed by atoms with van der Waals surface area (Å²) in [4.78, 5) is 11.2. The molecule has 0 aromatic carbocycles. The third kappa shape index (κ3) is 1.79. The van der Waals surface area contributed by atoms with Crippen molar-refractivity contribution in [2.24, 2.45) is 0 Å². The highest BCUT2D eigenvalue weighted by atomic mass is 15.3. The fourth-order valence-corrected chi connectivity index (χ4v) is 1.96. The number of H-pyrrole nitrogens is 1. The number of nitrogens with one attached hydrogen (secondary N) is 2.